The summed E-state index contributed by atoms with van der Waals surface area (Å²) in [7, 11) is 1.45. The molecule has 2 aromatic rings. The molecular formula is C11H11F3N4O. The fourth-order valence-corrected chi connectivity index (χ4v) is 1.38. The highest BCUT2D eigenvalue weighted by Crippen LogP contribution is 2.29. The molecule has 0 fully saturated rings. The van der Waals surface area contributed by atoms with Gasteiger partial charge in [-0.25, -0.2) is 4.98 Å². The molecule has 0 bridgehead atoms. The summed E-state index contributed by atoms with van der Waals surface area (Å²) in [6, 6.07) is 2.57. The van der Waals surface area contributed by atoms with Crippen LogP contribution in [0.5, 0.6) is 0 Å². The van der Waals surface area contributed by atoms with Gasteiger partial charge in [0.2, 0.25) is 5.95 Å². The van der Waals surface area contributed by atoms with Crippen LogP contribution in [0.25, 0.3) is 0 Å². The van der Waals surface area contributed by atoms with E-state index in [1.54, 1.807) is 6.07 Å². The lowest BCUT2D eigenvalue weighted by Crippen LogP contribution is -2.12. The van der Waals surface area contributed by atoms with Crippen molar-refractivity contribution in [2.45, 2.75) is 12.7 Å². The van der Waals surface area contributed by atoms with Gasteiger partial charge in [-0.2, -0.15) is 18.2 Å². The summed E-state index contributed by atoms with van der Waals surface area (Å²) >= 11 is 0. The van der Waals surface area contributed by atoms with Crippen molar-refractivity contribution in [2.75, 3.05) is 17.7 Å². The van der Waals surface area contributed by atoms with Crippen LogP contribution >= 0.6 is 0 Å². The average Bonchev–Trinajstić information content (AvgIpc) is 2.88. The van der Waals surface area contributed by atoms with E-state index >= 15 is 0 Å². The third-order valence-electron chi connectivity index (χ3n) is 2.29. The summed E-state index contributed by atoms with van der Waals surface area (Å²) in [5, 5.41) is 5.28. The van der Waals surface area contributed by atoms with Gasteiger partial charge >= 0.3 is 6.18 Å². The van der Waals surface area contributed by atoms with Crippen LogP contribution < -0.4 is 10.6 Å². The lowest BCUT2D eigenvalue weighted by atomic mass is 10.3. The zero-order valence-electron chi connectivity index (χ0n) is 9.95. The van der Waals surface area contributed by atoms with E-state index < -0.39 is 11.9 Å². The van der Waals surface area contributed by atoms with Gasteiger partial charge in [-0.05, 0) is 6.07 Å². The predicted octanol–water partition coefficient (Wildman–Crippen LogP) is 2.74. The maximum atomic E-state index is 12.6. The largest absolute Gasteiger partial charge is 0.472 e. The van der Waals surface area contributed by atoms with Crippen molar-refractivity contribution in [2.24, 2.45) is 0 Å². The molecule has 2 N–H and O–H groups in total. The monoisotopic (exact) mass is 272 g/mol. The Bertz CT molecular complexity index is 539. The number of anilines is 2. The van der Waals surface area contributed by atoms with E-state index in [2.05, 4.69) is 20.6 Å². The first-order valence-corrected chi connectivity index (χ1v) is 5.38. The Balaban J connectivity index is 2.19. The second-order valence-corrected chi connectivity index (χ2v) is 3.69. The minimum Gasteiger partial charge on any atom is -0.472 e. The first kappa shape index (κ1) is 13.2. The SMILES string of the molecule is CNc1nc(NCc2ccoc2)cc(C(F)(F)F)n1. The standard InChI is InChI=1S/C11H11F3N4O/c1-15-10-17-8(11(12,13)14)4-9(18-10)16-5-7-2-3-19-6-7/h2-4,6H,5H2,1H3,(H2,15,16,17,18). The highest BCUT2D eigenvalue weighted by Gasteiger charge is 2.33. The van der Waals surface area contributed by atoms with Crippen molar-refractivity contribution in [3.05, 3.63) is 35.9 Å². The van der Waals surface area contributed by atoms with Gasteiger partial charge in [0.15, 0.2) is 5.69 Å². The van der Waals surface area contributed by atoms with Gasteiger partial charge in [-0.15, -0.1) is 0 Å². The van der Waals surface area contributed by atoms with E-state index in [0.717, 1.165) is 11.6 Å². The second kappa shape index (κ2) is 5.17. The molecule has 2 rings (SSSR count). The molecule has 19 heavy (non-hydrogen) atoms. The number of nitrogens with one attached hydrogen (secondary N) is 2. The average molecular weight is 272 g/mol. The van der Waals surface area contributed by atoms with Gasteiger partial charge in [0.05, 0.1) is 12.5 Å². The van der Waals surface area contributed by atoms with Crippen LogP contribution in [0.1, 0.15) is 11.3 Å². The lowest BCUT2D eigenvalue weighted by molar-refractivity contribution is -0.141. The Morgan fingerprint density at radius 2 is 2.11 bits per heavy atom. The molecular weight excluding hydrogens is 261 g/mol. The first-order valence-electron chi connectivity index (χ1n) is 5.38. The van der Waals surface area contributed by atoms with E-state index in [0.29, 0.717) is 6.54 Å². The highest BCUT2D eigenvalue weighted by atomic mass is 19.4. The second-order valence-electron chi connectivity index (χ2n) is 3.69. The first-order chi connectivity index (χ1) is 8.99. The van der Waals surface area contributed by atoms with Crippen molar-refractivity contribution < 1.29 is 17.6 Å². The Kier molecular flexibility index (Phi) is 3.59. The minimum absolute atomic E-state index is 0.0906. The zero-order chi connectivity index (χ0) is 13.9. The Morgan fingerprint density at radius 3 is 2.68 bits per heavy atom. The number of aromatic nitrogens is 2. The fraction of sp³-hybridized carbons (Fsp3) is 0.273. The summed E-state index contributed by atoms with van der Waals surface area (Å²) in [6.07, 6.45) is -1.53. The fourth-order valence-electron chi connectivity index (χ4n) is 1.38. The molecule has 0 aromatic carbocycles. The van der Waals surface area contributed by atoms with Crippen molar-refractivity contribution in [3.8, 4) is 0 Å². The number of halogens is 3. The Labute approximate surface area is 106 Å². The third kappa shape index (κ3) is 3.36. The van der Waals surface area contributed by atoms with Gasteiger partial charge in [0.25, 0.3) is 0 Å². The maximum Gasteiger partial charge on any atom is 0.433 e. The number of hydrogen-bond acceptors (Lipinski definition) is 5. The normalized spacial score (nSPS) is 11.4. The lowest BCUT2D eigenvalue weighted by Gasteiger charge is -2.11. The van der Waals surface area contributed by atoms with Crippen LogP contribution in [0, 0.1) is 0 Å². The highest BCUT2D eigenvalue weighted by molar-refractivity contribution is 5.43. The molecule has 0 amide bonds. The minimum atomic E-state index is -4.51. The van der Waals surface area contributed by atoms with Crippen molar-refractivity contribution in [1.82, 2.24) is 9.97 Å². The number of alkyl halides is 3. The van der Waals surface area contributed by atoms with Crippen LogP contribution in [0.3, 0.4) is 0 Å². The van der Waals surface area contributed by atoms with Crippen molar-refractivity contribution in [1.29, 1.82) is 0 Å². The smallest absolute Gasteiger partial charge is 0.433 e. The molecule has 0 unspecified atom stereocenters. The summed E-state index contributed by atoms with van der Waals surface area (Å²) in [5.41, 5.74) is -0.195. The topological polar surface area (TPSA) is 63.0 Å². The van der Waals surface area contributed by atoms with Gasteiger partial charge in [-0.1, -0.05) is 0 Å². The molecule has 0 saturated carbocycles. The molecule has 2 aromatic heterocycles. The molecule has 0 spiro atoms. The van der Waals surface area contributed by atoms with E-state index in [9.17, 15) is 13.2 Å². The Morgan fingerprint density at radius 1 is 1.32 bits per heavy atom. The van der Waals surface area contributed by atoms with Crippen molar-refractivity contribution >= 4 is 11.8 Å². The van der Waals surface area contributed by atoms with Crippen LogP contribution in [0.2, 0.25) is 0 Å². The molecule has 0 saturated heterocycles. The van der Waals surface area contributed by atoms with E-state index in [1.807, 2.05) is 0 Å². The molecule has 0 atom stereocenters. The van der Waals surface area contributed by atoms with Crippen LogP contribution in [-0.4, -0.2) is 17.0 Å². The molecule has 2 heterocycles. The van der Waals surface area contributed by atoms with Crippen LogP contribution in [-0.2, 0) is 12.7 Å². The quantitative estimate of drug-likeness (QED) is 0.896. The van der Waals surface area contributed by atoms with Crippen LogP contribution in [0.15, 0.2) is 29.1 Å². The van der Waals surface area contributed by atoms with Gasteiger partial charge in [0, 0.05) is 25.2 Å². The number of nitrogens with zero attached hydrogens (tertiary/aromatic N) is 2. The van der Waals surface area contributed by atoms with Gasteiger partial charge < -0.3 is 15.1 Å². The molecule has 0 radical (unpaired) electrons. The number of furan rings is 1. The molecule has 5 nitrogen and oxygen atoms in total. The molecule has 0 aliphatic heterocycles. The predicted molar refractivity (Wildman–Crippen MR) is 62.6 cm³/mol. The van der Waals surface area contributed by atoms with E-state index in [4.69, 9.17) is 4.42 Å². The third-order valence-corrected chi connectivity index (χ3v) is 2.29. The molecule has 0 aliphatic rings. The molecule has 0 aliphatic carbocycles. The van der Waals surface area contributed by atoms with Gasteiger partial charge in [-0.3, -0.25) is 0 Å². The Hall–Kier alpha value is -2.25. The van der Waals surface area contributed by atoms with Gasteiger partial charge in [0.1, 0.15) is 5.82 Å². The summed E-state index contributed by atoms with van der Waals surface area (Å²) in [4.78, 5) is 7.26. The molecule has 8 heteroatoms. The summed E-state index contributed by atoms with van der Waals surface area (Å²) in [6.45, 7) is 0.313. The molecule has 102 valence electrons. The number of hydrogen-bond donors (Lipinski definition) is 2. The van der Waals surface area contributed by atoms with Crippen LogP contribution in [0.4, 0.5) is 24.9 Å². The number of rotatable bonds is 4. The zero-order valence-corrected chi connectivity index (χ0v) is 9.95. The van der Waals surface area contributed by atoms with Crippen molar-refractivity contribution in [3.63, 3.8) is 0 Å². The van der Waals surface area contributed by atoms with E-state index in [1.165, 1.54) is 19.6 Å². The van der Waals surface area contributed by atoms with E-state index in [-0.39, 0.29) is 11.8 Å². The summed E-state index contributed by atoms with van der Waals surface area (Å²) in [5.74, 6) is -0.00241. The maximum absolute atomic E-state index is 12.6. The summed E-state index contributed by atoms with van der Waals surface area (Å²) < 4.78 is 42.8.